The van der Waals surface area contributed by atoms with Gasteiger partial charge in [0.1, 0.15) is 5.82 Å². The highest BCUT2D eigenvalue weighted by Gasteiger charge is 2.25. The molecule has 126 valence electrons. The van der Waals surface area contributed by atoms with Gasteiger partial charge >= 0.3 is 6.03 Å². The molecule has 2 aliphatic rings. The molecule has 1 aromatic rings. The molecule has 2 heterocycles. The van der Waals surface area contributed by atoms with Gasteiger partial charge in [-0.15, -0.1) is 0 Å². The lowest BCUT2D eigenvalue weighted by Gasteiger charge is -2.24. The molecule has 2 fully saturated rings. The van der Waals surface area contributed by atoms with E-state index in [1.54, 1.807) is 12.1 Å². The molecule has 1 atom stereocenters. The molecule has 2 saturated heterocycles. The Labute approximate surface area is 140 Å². The molecule has 2 amide bonds. The molecule has 3 rings (SSSR count). The van der Waals surface area contributed by atoms with Crippen molar-refractivity contribution in [2.24, 2.45) is 0 Å². The van der Waals surface area contributed by atoms with Crippen LogP contribution in [0.25, 0.3) is 0 Å². The topological polar surface area (TPSA) is 53.6 Å². The highest BCUT2D eigenvalue weighted by molar-refractivity contribution is 6.31. The minimum atomic E-state index is -0.417. The fraction of sp³-hybridized carbons (Fsp3) is 0.562. The Balaban J connectivity index is 1.49. The van der Waals surface area contributed by atoms with Crippen LogP contribution in [-0.2, 0) is 4.74 Å². The van der Waals surface area contributed by atoms with Crippen molar-refractivity contribution >= 4 is 23.3 Å². The smallest absolute Gasteiger partial charge is 0.315 e. The number of carbonyl (C=O) groups is 1. The molecule has 0 radical (unpaired) electrons. The second-order valence-electron chi connectivity index (χ2n) is 6.03. The summed E-state index contributed by atoms with van der Waals surface area (Å²) in [6.07, 6.45) is 2.58. The molecule has 2 aliphatic heterocycles. The maximum absolute atomic E-state index is 13.2. The zero-order valence-electron chi connectivity index (χ0n) is 12.9. The van der Waals surface area contributed by atoms with Crippen molar-refractivity contribution in [3.05, 3.63) is 29.0 Å². The van der Waals surface area contributed by atoms with E-state index in [0.29, 0.717) is 19.8 Å². The number of ether oxygens (including phenoxy) is 1. The number of nitrogens with zero attached hydrogens (tertiary/aromatic N) is 1. The second-order valence-corrected chi connectivity index (χ2v) is 6.44. The highest BCUT2D eigenvalue weighted by atomic mass is 35.5. The van der Waals surface area contributed by atoms with Gasteiger partial charge in [0, 0.05) is 44.1 Å². The van der Waals surface area contributed by atoms with Crippen LogP contribution in [0.4, 0.5) is 14.9 Å². The molecular formula is C16H21ClFN3O2. The van der Waals surface area contributed by atoms with E-state index in [1.807, 2.05) is 0 Å². The van der Waals surface area contributed by atoms with Gasteiger partial charge in [0.15, 0.2) is 0 Å². The number of nitrogens with one attached hydrogen (secondary N) is 2. The minimum absolute atomic E-state index is 0.0821. The lowest BCUT2D eigenvalue weighted by atomic mass is 10.1. The number of hydrogen-bond acceptors (Lipinski definition) is 3. The zero-order chi connectivity index (χ0) is 16.2. The third kappa shape index (κ3) is 4.26. The van der Waals surface area contributed by atoms with Crippen LogP contribution in [0.15, 0.2) is 18.2 Å². The molecule has 0 saturated carbocycles. The van der Waals surface area contributed by atoms with Gasteiger partial charge in [0.2, 0.25) is 0 Å². The van der Waals surface area contributed by atoms with Gasteiger partial charge in [-0.2, -0.15) is 0 Å². The Kier molecular flexibility index (Phi) is 5.23. The van der Waals surface area contributed by atoms with E-state index in [4.69, 9.17) is 16.3 Å². The third-order valence-electron chi connectivity index (χ3n) is 4.35. The summed E-state index contributed by atoms with van der Waals surface area (Å²) in [5.74, 6) is -0.417. The summed E-state index contributed by atoms with van der Waals surface area (Å²) in [6, 6.07) is 4.86. The molecule has 0 spiro atoms. The number of rotatable bonds is 3. The van der Waals surface area contributed by atoms with Crippen molar-refractivity contribution in [2.45, 2.75) is 31.3 Å². The van der Waals surface area contributed by atoms with E-state index in [2.05, 4.69) is 15.5 Å². The minimum Gasteiger partial charge on any atom is -0.381 e. The van der Waals surface area contributed by atoms with Gasteiger partial charge in [-0.05, 0) is 37.5 Å². The van der Waals surface area contributed by atoms with Gasteiger partial charge in [-0.1, -0.05) is 11.6 Å². The van der Waals surface area contributed by atoms with Crippen LogP contribution in [0, 0.1) is 5.82 Å². The molecule has 0 aliphatic carbocycles. The molecule has 0 bridgehead atoms. The van der Waals surface area contributed by atoms with Crippen LogP contribution < -0.4 is 15.5 Å². The van der Waals surface area contributed by atoms with Crippen molar-refractivity contribution in [2.75, 3.05) is 31.2 Å². The largest absolute Gasteiger partial charge is 0.381 e. The van der Waals surface area contributed by atoms with Crippen molar-refractivity contribution in [1.82, 2.24) is 10.6 Å². The lowest BCUT2D eigenvalue weighted by Crippen LogP contribution is -2.48. The molecule has 0 aromatic heterocycles. The van der Waals surface area contributed by atoms with Gasteiger partial charge < -0.3 is 20.3 Å². The summed E-state index contributed by atoms with van der Waals surface area (Å²) in [5, 5.41) is 6.13. The van der Waals surface area contributed by atoms with Gasteiger partial charge in [-0.25, -0.2) is 9.18 Å². The summed E-state index contributed by atoms with van der Waals surface area (Å²) in [5.41, 5.74) is 0.880. The van der Waals surface area contributed by atoms with E-state index in [9.17, 15) is 9.18 Å². The van der Waals surface area contributed by atoms with E-state index >= 15 is 0 Å². The molecule has 1 unspecified atom stereocenters. The Hall–Kier alpha value is -1.53. The van der Waals surface area contributed by atoms with Crippen LogP contribution in [0.5, 0.6) is 0 Å². The third-order valence-corrected chi connectivity index (χ3v) is 4.64. The molecule has 1 aromatic carbocycles. The van der Waals surface area contributed by atoms with Gasteiger partial charge in [0.05, 0.1) is 5.02 Å². The second kappa shape index (κ2) is 7.36. The van der Waals surface area contributed by atoms with Gasteiger partial charge in [0.25, 0.3) is 0 Å². The monoisotopic (exact) mass is 341 g/mol. The van der Waals surface area contributed by atoms with E-state index in [0.717, 1.165) is 31.5 Å². The first kappa shape index (κ1) is 16.3. The molecule has 5 nitrogen and oxygen atoms in total. The number of benzene rings is 1. The summed E-state index contributed by atoms with van der Waals surface area (Å²) in [7, 11) is 0. The first-order valence-corrected chi connectivity index (χ1v) is 8.34. The fourth-order valence-electron chi connectivity index (χ4n) is 3.05. The standard InChI is InChI=1S/C16H21ClFN3O2/c17-14-9-13(1-2-15(14)18)21-6-3-12(10-21)20-16(22)19-11-4-7-23-8-5-11/h1-2,9,11-12H,3-8,10H2,(H2,19,20,22). The molecule has 2 N–H and O–H groups in total. The SMILES string of the molecule is O=C(NC1CCOCC1)NC1CCN(c2ccc(F)c(Cl)c2)C1. The summed E-state index contributed by atoms with van der Waals surface area (Å²) in [4.78, 5) is 14.2. The summed E-state index contributed by atoms with van der Waals surface area (Å²) in [6.45, 7) is 2.91. The van der Waals surface area contributed by atoms with Crippen LogP contribution in [-0.4, -0.2) is 44.4 Å². The Bertz CT molecular complexity index is 566. The van der Waals surface area contributed by atoms with Crippen molar-refractivity contribution in [3.8, 4) is 0 Å². The number of anilines is 1. The first-order valence-electron chi connectivity index (χ1n) is 7.96. The van der Waals surface area contributed by atoms with E-state index < -0.39 is 5.82 Å². The number of hydrogen-bond donors (Lipinski definition) is 2. The van der Waals surface area contributed by atoms with Crippen molar-refractivity contribution in [1.29, 1.82) is 0 Å². The Morgan fingerprint density at radius 2 is 1.96 bits per heavy atom. The summed E-state index contributed by atoms with van der Waals surface area (Å²) < 4.78 is 18.5. The predicted octanol–water partition coefficient (Wildman–Crippen LogP) is 2.54. The zero-order valence-corrected chi connectivity index (χ0v) is 13.6. The maximum Gasteiger partial charge on any atom is 0.315 e. The van der Waals surface area contributed by atoms with Crippen LogP contribution in [0.2, 0.25) is 5.02 Å². The van der Waals surface area contributed by atoms with E-state index in [1.165, 1.54) is 6.07 Å². The fourth-order valence-corrected chi connectivity index (χ4v) is 3.22. The van der Waals surface area contributed by atoms with Crippen molar-refractivity contribution in [3.63, 3.8) is 0 Å². The van der Waals surface area contributed by atoms with Crippen molar-refractivity contribution < 1.29 is 13.9 Å². The number of amides is 2. The summed E-state index contributed by atoms with van der Waals surface area (Å²) >= 11 is 5.83. The number of urea groups is 1. The molecular weight excluding hydrogens is 321 g/mol. The predicted molar refractivity (Wildman–Crippen MR) is 87.5 cm³/mol. The average molecular weight is 342 g/mol. The lowest BCUT2D eigenvalue weighted by molar-refractivity contribution is 0.0800. The highest BCUT2D eigenvalue weighted by Crippen LogP contribution is 2.25. The quantitative estimate of drug-likeness (QED) is 0.888. The Morgan fingerprint density at radius 1 is 1.22 bits per heavy atom. The number of carbonyl (C=O) groups excluding carboxylic acids is 1. The normalized spacial score (nSPS) is 22.2. The maximum atomic E-state index is 13.2. The van der Waals surface area contributed by atoms with Gasteiger partial charge in [-0.3, -0.25) is 0 Å². The van der Waals surface area contributed by atoms with Crippen LogP contribution in [0.3, 0.4) is 0 Å². The Morgan fingerprint density at radius 3 is 2.70 bits per heavy atom. The van der Waals surface area contributed by atoms with Crippen LogP contribution >= 0.6 is 11.6 Å². The first-order chi connectivity index (χ1) is 11.1. The molecule has 23 heavy (non-hydrogen) atoms. The van der Waals surface area contributed by atoms with Crippen LogP contribution in [0.1, 0.15) is 19.3 Å². The molecule has 7 heteroatoms. The average Bonchev–Trinajstić information content (AvgIpc) is 2.99. The van der Waals surface area contributed by atoms with E-state index in [-0.39, 0.29) is 23.1 Å². The number of halogens is 2.